The van der Waals surface area contributed by atoms with Crippen LogP contribution in [0.1, 0.15) is 57.6 Å². The van der Waals surface area contributed by atoms with Gasteiger partial charge in [0.15, 0.2) is 5.96 Å². The maximum atomic E-state index is 13.6. The molecule has 0 saturated carbocycles. The van der Waals surface area contributed by atoms with Gasteiger partial charge in [-0.15, -0.1) is 0 Å². The number of aliphatic hydroxyl groups is 1. The van der Waals surface area contributed by atoms with Crippen LogP contribution < -0.4 is 27.4 Å². The summed E-state index contributed by atoms with van der Waals surface area (Å²) in [6.45, 7) is 6.03. The second kappa shape index (κ2) is 20.8. The number of nitrogens with zero attached hydrogens (tertiary/aromatic N) is 2. The molecule has 14 heteroatoms. The van der Waals surface area contributed by atoms with Crippen LogP contribution in [0.4, 0.5) is 4.79 Å². The minimum Gasteiger partial charge on any atom is -0.445 e. The van der Waals surface area contributed by atoms with Gasteiger partial charge in [0.05, 0.1) is 18.6 Å². The highest BCUT2D eigenvalue weighted by Crippen LogP contribution is 2.14. The fraction of sp³-hybridized carbons (Fsp3) is 0.500. The van der Waals surface area contributed by atoms with E-state index in [1.54, 1.807) is 31.2 Å². The number of hydrogen-bond donors (Lipinski definition) is 6. The number of guanidine groups is 1. The van der Waals surface area contributed by atoms with Crippen molar-refractivity contribution in [2.75, 3.05) is 20.1 Å². The van der Waals surface area contributed by atoms with Crippen molar-refractivity contribution < 1.29 is 29.0 Å². The van der Waals surface area contributed by atoms with Crippen molar-refractivity contribution in [2.24, 2.45) is 22.4 Å². The van der Waals surface area contributed by atoms with Crippen molar-refractivity contribution in [3.05, 3.63) is 70.7 Å². The van der Waals surface area contributed by atoms with E-state index in [0.29, 0.717) is 30.8 Å². The van der Waals surface area contributed by atoms with Crippen LogP contribution in [-0.2, 0) is 32.1 Å². The highest BCUT2D eigenvalue weighted by atomic mass is 35.5. The molecule has 4 atom stereocenters. The Kier molecular flexibility index (Phi) is 17.2. The Bertz CT molecular complexity index is 1340. The number of benzene rings is 2. The fourth-order valence-corrected chi connectivity index (χ4v) is 4.93. The van der Waals surface area contributed by atoms with Gasteiger partial charge in [0.2, 0.25) is 17.7 Å². The molecule has 2 aromatic carbocycles. The molecule has 13 nitrogen and oxygen atoms in total. The molecule has 0 aliphatic carbocycles. The molecule has 264 valence electrons. The van der Waals surface area contributed by atoms with Crippen LogP contribution in [0.2, 0.25) is 5.02 Å². The average molecular weight is 688 g/mol. The molecular formula is C34H50ClN7O6. The average Bonchev–Trinajstić information content (AvgIpc) is 3.04. The summed E-state index contributed by atoms with van der Waals surface area (Å²) in [5.74, 6) is -1.41. The Balaban J connectivity index is 2.01. The number of hydrogen-bond acceptors (Lipinski definition) is 7. The van der Waals surface area contributed by atoms with Crippen molar-refractivity contribution in [1.29, 1.82) is 0 Å². The second-order valence-corrected chi connectivity index (χ2v) is 12.5. The Morgan fingerprint density at radius 3 is 2.27 bits per heavy atom. The molecule has 0 radical (unpaired) electrons. The van der Waals surface area contributed by atoms with E-state index in [-0.39, 0.29) is 43.8 Å². The molecule has 0 heterocycles. The first-order valence-corrected chi connectivity index (χ1v) is 16.4. The van der Waals surface area contributed by atoms with Crippen LogP contribution in [0.15, 0.2) is 59.6 Å². The number of aliphatic hydroxyl groups excluding tert-OH is 1. The molecule has 0 bridgehead atoms. The molecule has 0 saturated heterocycles. The summed E-state index contributed by atoms with van der Waals surface area (Å²) in [7, 11) is 1.45. The number of alkyl carbamates (subject to hydrolysis) is 1. The summed E-state index contributed by atoms with van der Waals surface area (Å²) < 4.78 is 5.31. The zero-order valence-corrected chi connectivity index (χ0v) is 28.9. The molecule has 0 unspecified atom stereocenters. The molecular weight excluding hydrogens is 638 g/mol. The molecule has 0 fully saturated rings. The van der Waals surface area contributed by atoms with Gasteiger partial charge in [-0.25, -0.2) is 4.79 Å². The van der Waals surface area contributed by atoms with Gasteiger partial charge in [-0.05, 0) is 61.8 Å². The predicted molar refractivity (Wildman–Crippen MR) is 186 cm³/mol. The maximum absolute atomic E-state index is 13.6. The van der Waals surface area contributed by atoms with Crippen molar-refractivity contribution in [1.82, 2.24) is 20.9 Å². The first-order chi connectivity index (χ1) is 22.8. The third-order valence-corrected chi connectivity index (χ3v) is 7.87. The highest BCUT2D eigenvalue weighted by Gasteiger charge is 2.32. The lowest BCUT2D eigenvalue weighted by molar-refractivity contribution is -0.140. The normalized spacial score (nSPS) is 13.4. The van der Waals surface area contributed by atoms with Crippen LogP contribution in [-0.4, -0.2) is 84.1 Å². The van der Waals surface area contributed by atoms with E-state index in [4.69, 9.17) is 27.8 Å². The zero-order chi connectivity index (χ0) is 35.6. The molecule has 0 aromatic heterocycles. The molecule has 2 rings (SSSR count). The van der Waals surface area contributed by atoms with E-state index >= 15 is 0 Å². The number of nitrogens with two attached hydrogens (primary N) is 2. The van der Waals surface area contributed by atoms with E-state index in [2.05, 4.69) is 20.9 Å². The van der Waals surface area contributed by atoms with Crippen molar-refractivity contribution in [3.8, 4) is 0 Å². The molecule has 48 heavy (non-hydrogen) atoms. The first-order valence-electron chi connectivity index (χ1n) is 16.1. The Hall–Kier alpha value is -4.36. The summed E-state index contributed by atoms with van der Waals surface area (Å²) >= 11 is 5.92. The number of halogens is 1. The van der Waals surface area contributed by atoms with E-state index in [9.17, 15) is 24.3 Å². The van der Waals surface area contributed by atoms with Gasteiger partial charge >= 0.3 is 6.09 Å². The number of carbonyl (C=O) groups is 4. The number of carbonyl (C=O) groups excluding carboxylic acids is 4. The summed E-state index contributed by atoms with van der Waals surface area (Å²) in [5, 5.41) is 19.8. The summed E-state index contributed by atoms with van der Waals surface area (Å²) in [6.07, 6.45) is -0.632. The lowest BCUT2D eigenvalue weighted by Gasteiger charge is -2.31. The minimum absolute atomic E-state index is 0.0101. The first kappa shape index (κ1) is 39.8. The van der Waals surface area contributed by atoms with Gasteiger partial charge in [0, 0.05) is 25.2 Å². The van der Waals surface area contributed by atoms with Gasteiger partial charge in [-0.2, -0.15) is 0 Å². The van der Waals surface area contributed by atoms with Crippen LogP contribution >= 0.6 is 11.6 Å². The van der Waals surface area contributed by atoms with E-state index in [0.717, 1.165) is 11.1 Å². The van der Waals surface area contributed by atoms with E-state index in [1.165, 1.54) is 11.9 Å². The lowest BCUT2D eigenvalue weighted by Crippen LogP contribution is -2.56. The third-order valence-electron chi connectivity index (χ3n) is 7.62. The second-order valence-electron chi connectivity index (χ2n) is 12.1. The largest absolute Gasteiger partial charge is 0.445 e. The number of likely N-dealkylation sites (N-methyl/N-ethyl adjacent to an activating group) is 1. The van der Waals surface area contributed by atoms with E-state index < -0.39 is 42.1 Å². The molecule has 0 aliphatic rings. The number of rotatable bonds is 19. The lowest BCUT2D eigenvalue weighted by atomic mass is 9.96. The Morgan fingerprint density at radius 2 is 1.65 bits per heavy atom. The summed E-state index contributed by atoms with van der Waals surface area (Å²) in [4.78, 5) is 57.4. The van der Waals surface area contributed by atoms with Crippen LogP contribution in [0.25, 0.3) is 0 Å². The quantitative estimate of drug-likeness (QED) is 0.0734. The van der Waals surface area contributed by atoms with Crippen molar-refractivity contribution in [3.63, 3.8) is 0 Å². The van der Waals surface area contributed by atoms with Crippen molar-refractivity contribution >= 4 is 41.4 Å². The Morgan fingerprint density at radius 1 is 0.979 bits per heavy atom. The van der Waals surface area contributed by atoms with Crippen LogP contribution in [0, 0.1) is 5.92 Å². The summed E-state index contributed by atoms with van der Waals surface area (Å²) in [5.41, 5.74) is 12.6. The van der Waals surface area contributed by atoms with Gasteiger partial charge < -0.3 is 42.2 Å². The SMILES string of the molecule is CC(C)C[C@H](NC(=O)[C@H](C)N(C)C(=O)[C@H](CCCN=C(N)N)NC(=O)OCc1ccccc1)[C@@H](O)CC(=O)NCCc1ccc(Cl)cc1. The predicted octanol–water partition coefficient (Wildman–Crippen LogP) is 2.48. The molecule has 4 amide bonds. The van der Waals surface area contributed by atoms with Crippen LogP contribution in [0.5, 0.6) is 0 Å². The van der Waals surface area contributed by atoms with Gasteiger partial charge in [0.1, 0.15) is 18.7 Å². The topological polar surface area (TPSA) is 201 Å². The molecule has 0 spiro atoms. The smallest absolute Gasteiger partial charge is 0.408 e. The van der Waals surface area contributed by atoms with Gasteiger partial charge in [0.25, 0.3) is 0 Å². The fourth-order valence-electron chi connectivity index (χ4n) is 4.81. The highest BCUT2D eigenvalue weighted by molar-refractivity contribution is 6.30. The van der Waals surface area contributed by atoms with Gasteiger partial charge in [-0.3, -0.25) is 19.4 Å². The Labute approximate surface area is 287 Å². The molecule has 2 aromatic rings. The van der Waals surface area contributed by atoms with E-state index in [1.807, 2.05) is 44.2 Å². The minimum atomic E-state index is -1.16. The van der Waals surface area contributed by atoms with Crippen LogP contribution in [0.3, 0.4) is 0 Å². The zero-order valence-electron chi connectivity index (χ0n) is 28.2. The molecule has 8 N–H and O–H groups in total. The summed E-state index contributed by atoms with van der Waals surface area (Å²) in [6, 6.07) is 13.6. The number of aliphatic imine (C=N–C) groups is 1. The molecule has 0 aliphatic heterocycles. The van der Waals surface area contributed by atoms with Gasteiger partial charge in [-0.1, -0.05) is 67.9 Å². The van der Waals surface area contributed by atoms with Crippen molar-refractivity contribution in [2.45, 2.75) is 83.7 Å². The number of ether oxygens (including phenoxy) is 1. The number of amides is 4. The third kappa shape index (κ3) is 15.0. The number of nitrogens with one attached hydrogen (secondary N) is 3. The standard InChI is InChI=1S/C34H50ClN7O6/c1-22(2)19-28(29(43)20-30(44)38-18-16-24-12-14-26(35)15-13-24)40-31(45)23(3)42(4)32(46)27(11-8-17-39-33(36)37)41-34(47)48-21-25-9-6-5-7-10-25/h5-7,9-10,12-15,22-23,27-29,43H,8,11,16-21H2,1-4H3,(H,38,44)(H,40,45)(H,41,47)(H4,36,37,39)/t23-,27-,28-,29-/m0/s1. The monoisotopic (exact) mass is 687 g/mol. The maximum Gasteiger partial charge on any atom is 0.408 e.